The predicted octanol–water partition coefficient (Wildman–Crippen LogP) is 2.56. The lowest BCUT2D eigenvalue weighted by atomic mass is 9.80. The van der Waals surface area contributed by atoms with E-state index in [0.717, 1.165) is 32.5 Å². The molecule has 0 aromatic carbocycles. The Bertz CT molecular complexity index is 282. The van der Waals surface area contributed by atoms with Crippen molar-refractivity contribution in [1.29, 1.82) is 0 Å². The Balaban J connectivity index is 2.05. The topological polar surface area (TPSA) is 32.3 Å². The summed E-state index contributed by atoms with van der Waals surface area (Å²) in [5, 5.41) is 3.39. The van der Waals surface area contributed by atoms with Gasteiger partial charge in [0.25, 0.3) is 0 Å². The molecule has 2 atom stereocenters. The molecule has 0 bridgehead atoms. The lowest BCUT2D eigenvalue weighted by Crippen LogP contribution is -2.54. The van der Waals surface area contributed by atoms with Crippen LogP contribution in [0.25, 0.3) is 0 Å². The molecule has 0 spiro atoms. The standard InChI is InChI=1S/C15H28N2O/c1-3-7-13-8-4-5-11-17(13)14(18)15(2)9-6-10-16-12-15/h13,16H,3-12H2,1-2H3. The Morgan fingerprint density at radius 1 is 1.39 bits per heavy atom. The molecule has 104 valence electrons. The van der Waals surface area contributed by atoms with Gasteiger partial charge in [-0.05, 0) is 52.0 Å². The van der Waals surface area contributed by atoms with Gasteiger partial charge in [0.1, 0.15) is 0 Å². The molecule has 0 radical (unpaired) electrons. The highest BCUT2D eigenvalue weighted by Crippen LogP contribution is 2.32. The normalized spacial score (nSPS) is 33.4. The zero-order valence-corrected chi connectivity index (χ0v) is 12.0. The number of nitrogens with one attached hydrogen (secondary N) is 1. The van der Waals surface area contributed by atoms with Crippen molar-refractivity contribution in [1.82, 2.24) is 10.2 Å². The third-order valence-electron chi connectivity index (χ3n) is 4.62. The first-order chi connectivity index (χ1) is 8.67. The summed E-state index contributed by atoms with van der Waals surface area (Å²) in [6.45, 7) is 7.29. The number of piperidine rings is 2. The van der Waals surface area contributed by atoms with E-state index in [1.54, 1.807) is 0 Å². The van der Waals surface area contributed by atoms with Crippen LogP contribution in [0, 0.1) is 5.41 Å². The van der Waals surface area contributed by atoms with Crippen LogP contribution in [0.2, 0.25) is 0 Å². The second-order valence-corrected chi connectivity index (χ2v) is 6.28. The van der Waals surface area contributed by atoms with Crippen LogP contribution < -0.4 is 5.32 Å². The van der Waals surface area contributed by atoms with Crippen LogP contribution in [0.3, 0.4) is 0 Å². The maximum absolute atomic E-state index is 12.8. The third kappa shape index (κ3) is 2.87. The highest BCUT2D eigenvalue weighted by Gasteiger charge is 2.40. The van der Waals surface area contributed by atoms with Crippen LogP contribution >= 0.6 is 0 Å². The van der Waals surface area contributed by atoms with E-state index in [1.165, 1.54) is 32.1 Å². The molecule has 0 aromatic heterocycles. The number of hydrogen-bond acceptors (Lipinski definition) is 2. The fourth-order valence-corrected chi connectivity index (χ4v) is 3.49. The van der Waals surface area contributed by atoms with Crippen molar-refractivity contribution in [2.75, 3.05) is 19.6 Å². The molecule has 2 saturated heterocycles. The number of carbonyl (C=O) groups is 1. The van der Waals surface area contributed by atoms with Gasteiger partial charge in [0.05, 0.1) is 5.41 Å². The Morgan fingerprint density at radius 3 is 2.89 bits per heavy atom. The first kappa shape index (κ1) is 13.9. The number of amides is 1. The fraction of sp³-hybridized carbons (Fsp3) is 0.933. The zero-order valence-electron chi connectivity index (χ0n) is 12.0. The van der Waals surface area contributed by atoms with Crippen LogP contribution in [-0.2, 0) is 4.79 Å². The summed E-state index contributed by atoms with van der Waals surface area (Å²) < 4.78 is 0. The maximum Gasteiger partial charge on any atom is 0.230 e. The van der Waals surface area contributed by atoms with Gasteiger partial charge < -0.3 is 10.2 Å². The molecule has 18 heavy (non-hydrogen) atoms. The summed E-state index contributed by atoms with van der Waals surface area (Å²) in [4.78, 5) is 15.1. The van der Waals surface area contributed by atoms with Gasteiger partial charge in [-0.15, -0.1) is 0 Å². The van der Waals surface area contributed by atoms with Crippen molar-refractivity contribution in [3.63, 3.8) is 0 Å². The first-order valence-electron chi connectivity index (χ1n) is 7.69. The van der Waals surface area contributed by atoms with E-state index in [2.05, 4.69) is 24.1 Å². The first-order valence-corrected chi connectivity index (χ1v) is 7.69. The SMILES string of the molecule is CCCC1CCCCN1C(=O)C1(C)CCCNC1. The molecular weight excluding hydrogens is 224 g/mol. The minimum Gasteiger partial charge on any atom is -0.339 e. The van der Waals surface area contributed by atoms with Gasteiger partial charge in [-0.3, -0.25) is 4.79 Å². The van der Waals surface area contributed by atoms with Crippen LogP contribution in [0.4, 0.5) is 0 Å². The van der Waals surface area contributed by atoms with Crippen molar-refractivity contribution in [2.24, 2.45) is 5.41 Å². The van der Waals surface area contributed by atoms with E-state index in [4.69, 9.17) is 0 Å². The van der Waals surface area contributed by atoms with Crippen molar-refractivity contribution < 1.29 is 4.79 Å². The maximum atomic E-state index is 12.8. The molecule has 0 saturated carbocycles. The van der Waals surface area contributed by atoms with Gasteiger partial charge >= 0.3 is 0 Å². The van der Waals surface area contributed by atoms with Gasteiger partial charge in [0.2, 0.25) is 5.91 Å². The van der Waals surface area contributed by atoms with Crippen molar-refractivity contribution >= 4 is 5.91 Å². The second kappa shape index (κ2) is 6.05. The lowest BCUT2D eigenvalue weighted by Gasteiger charge is -2.43. The van der Waals surface area contributed by atoms with Crippen molar-refractivity contribution in [3.05, 3.63) is 0 Å². The van der Waals surface area contributed by atoms with Gasteiger partial charge in [-0.2, -0.15) is 0 Å². The Labute approximate surface area is 111 Å². The summed E-state index contributed by atoms with van der Waals surface area (Å²) >= 11 is 0. The molecule has 2 rings (SSSR count). The second-order valence-electron chi connectivity index (χ2n) is 6.28. The molecule has 1 N–H and O–H groups in total. The van der Waals surface area contributed by atoms with Crippen LogP contribution in [-0.4, -0.2) is 36.5 Å². The number of carbonyl (C=O) groups excluding carboxylic acids is 1. The highest BCUT2D eigenvalue weighted by atomic mass is 16.2. The van der Waals surface area contributed by atoms with Crippen LogP contribution in [0.5, 0.6) is 0 Å². The summed E-state index contributed by atoms with van der Waals surface area (Å²) in [5.74, 6) is 0.410. The monoisotopic (exact) mass is 252 g/mol. The van der Waals surface area contributed by atoms with Gasteiger partial charge in [-0.1, -0.05) is 13.3 Å². The lowest BCUT2D eigenvalue weighted by molar-refractivity contribution is -0.146. The largest absolute Gasteiger partial charge is 0.339 e. The highest BCUT2D eigenvalue weighted by molar-refractivity contribution is 5.83. The minimum atomic E-state index is -0.151. The summed E-state index contributed by atoms with van der Waals surface area (Å²) in [5.41, 5.74) is -0.151. The molecular formula is C15H28N2O. The van der Waals surface area contributed by atoms with E-state index in [0.29, 0.717) is 11.9 Å². The Morgan fingerprint density at radius 2 is 2.22 bits per heavy atom. The minimum absolute atomic E-state index is 0.151. The molecule has 0 aliphatic carbocycles. The van der Waals surface area contributed by atoms with Gasteiger partial charge in [0, 0.05) is 19.1 Å². The molecule has 2 aliphatic rings. The van der Waals surface area contributed by atoms with Crippen LogP contribution in [0.1, 0.15) is 58.8 Å². The number of nitrogens with zero attached hydrogens (tertiary/aromatic N) is 1. The number of likely N-dealkylation sites (tertiary alicyclic amines) is 1. The zero-order chi connectivity index (χ0) is 13.0. The fourth-order valence-electron chi connectivity index (χ4n) is 3.49. The molecule has 1 amide bonds. The average molecular weight is 252 g/mol. The summed E-state index contributed by atoms with van der Waals surface area (Å²) in [6.07, 6.45) is 8.24. The molecule has 2 heterocycles. The summed E-state index contributed by atoms with van der Waals surface area (Å²) in [6, 6.07) is 0.509. The molecule has 3 heteroatoms. The van der Waals surface area contributed by atoms with Crippen molar-refractivity contribution in [2.45, 2.75) is 64.8 Å². The van der Waals surface area contributed by atoms with Crippen molar-refractivity contribution in [3.8, 4) is 0 Å². The van der Waals surface area contributed by atoms with E-state index in [-0.39, 0.29) is 5.41 Å². The van der Waals surface area contributed by atoms with E-state index in [1.807, 2.05) is 0 Å². The molecule has 2 fully saturated rings. The van der Waals surface area contributed by atoms with Gasteiger partial charge in [-0.25, -0.2) is 0 Å². The molecule has 2 unspecified atom stereocenters. The van der Waals surface area contributed by atoms with E-state index >= 15 is 0 Å². The molecule has 0 aromatic rings. The molecule has 2 aliphatic heterocycles. The van der Waals surface area contributed by atoms with Crippen LogP contribution in [0.15, 0.2) is 0 Å². The van der Waals surface area contributed by atoms with E-state index < -0.39 is 0 Å². The predicted molar refractivity (Wildman–Crippen MR) is 74.5 cm³/mol. The smallest absolute Gasteiger partial charge is 0.230 e. The van der Waals surface area contributed by atoms with E-state index in [9.17, 15) is 4.79 Å². The van der Waals surface area contributed by atoms with Gasteiger partial charge in [0.15, 0.2) is 0 Å². The average Bonchev–Trinajstić information content (AvgIpc) is 2.40. The molecule has 3 nitrogen and oxygen atoms in total. The third-order valence-corrected chi connectivity index (χ3v) is 4.62. The summed E-state index contributed by atoms with van der Waals surface area (Å²) in [7, 11) is 0. The Kier molecular flexibility index (Phi) is 4.66. The Hall–Kier alpha value is -0.570. The number of hydrogen-bond donors (Lipinski definition) is 1. The quantitative estimate of drug-likeness (QED) is 0.837. The number of rotatable bonds is 3.